The monoisotopic (exact) mass is 307 g/mol. The molecule has 6 nitrogen and oxygen atoms in total. The van der Waals surface area contributed by atoms with E-state index in [9.17, 15) is 9.59 Å². The van der Waals surface area contributed by atoms with E-state index in [-0.39, 0.29) is 0 Å². The van der Waals surface area contributed by atoms with Gasteiger partial charge in [-0.25, -0.2) is 0 Å². The molecule has 1 saturated carbocycles. The minimum absolute atomic E-state index is 0.299. The summed E-state index contributed by atoms with van der Waals surface area (Å²) < 4.78 is 9.94. The topological polar surface area (TPSA) is 80.3 Å². The summed E-state index contributed by atoms with van der Waals surface area (Å²) in [6.07, 6.45) is 3.00. The van der Waals surface area contributed by atoms with Crippen LogP contribution < -0.4 is 10.6 Å². The van der Waals surface area contributed by atoms with Gasteiger partial charge in [0, 0.05) is 12.5 Å². The fourth-order valence-electron chi connectivity index (χ4n) is 3.66. The first kappa shape index (κ1) is 13.2. The molecular formula is C14H17N3O3S. The SMILES string of the molecule is Cc1cc(NC(=O)C(=O)NC[C@@H]2C[C@@H]3O[C@H]2[C@H]2C[C@H]23)sn1. The highest BCUT2D eigenvalue weighted by Gasteiger charge is 2.62. The average Bonchev–Trinajstić information content (AvgIpc) is 2.83. The molecular weight excluding hydrogens is 290 g/mol. The average molecular weight is 307 g/mol. The molecule has 112 valence electrons. The molecule has 0 spiro atoms. The number of rotatable bonds is 3. The number of carbonyl (C=O) groups is 2. The molecule has 2 N–H and O–H groups in total. The van der Waals surface area contributed by atoms with E-state index in [1.807, 2.05) is 6.92 Å². The molecule has 3 aliphatic rings. The zero-order chi connectivity index (χ0) is 14.6. The van der Waals surface area contributed by atoms with E-state index in [4.69, 9.17) is 4.74 Å². The molecule has 2 amide bonds. The summed E-state index contributed by atoms with van der Waals surface area (Å²) in [6, 6.07) is 1.74. The first-order valence-electron chi connectivity index (χ1n) is 7.30. The molecule has 2 aliphatic heterocycles. The summed E-state index contributed by atoms with van der Waals surface area (Å²) in [4.78, 5) is 23.6. The largest absolute Gasteiger partial charge is 0.374 e. The van der Waals surface area contributed by atoms with Crippen molar-refractivity contribution in [1.29, 1.82) is 0 Å². The first-order chi connectivity index (χ1) is 10.1. The van der Waals surface area contributed by atoms with Crippen LogP contribution in [0.25, 0.3) is 0 Å². The maximum absolute atomic E-state index is 11.8. The van der Waals surface area contributed by atoms with Crippen LogP contribution in [0, 0.1) is 24.7 Å². The molecule has 5 atom stereocenters. The summed E-state index contributed by atoms with van der Waals surface area (Å²) in [7, 11) is 0. The highest BCUT2D eigenvalue weighted by molar-refractivity contribution is 7.10. The second-order valence-corrected chi connectivity index (χ2v) is 7.00. The second-order valence-electron chi connectivity index (χ2n) is 6.20. The Morgan fingerprint density at radius 1 is 1.38 bits per heavy atom. The van der Waals surface area contributed by atoms with Gasteiger partial charge in [0.2, 0.25) is 0 Å². The number of anilines is 1. The number of nitrogens with one attached hydrogen (secondary N) is 2. The van der Waals surface area contributed by atoms with Crippen LogP contribution in [0.2, 0.25) is 0 Å². The molecule has 0 aromatic carbocycles. The van der Waals surface area contributed by atoms with Crippen molar-refractivity contribution < 1.29 is 14.3 Å². The lowest BCUT2D eigenvalue weighted by molar-refractivity contribution is -0.136. The van der Waals surface area contributed by atoms with E-state index in [1.54, 1.807) is 6.07 Å². The smallest absolute Gasteiger partial charge is 0.314 e. The Morgan fingerprint density at radius 3 is 2.90 bits per heavy atom. The van der Waals surface area contributed by atoms with Gasteiger partial charge < -0.3 is 15.4 Å². The number of amides is 2. The van der Waals surface area contributed by atoms with Crippen LogP contribution in [0.5, 0.6) is 0 Å². The van der Waals surface area contributed by atoms with Crippen LogP contribution in [-0.2, 0) is 14.3 Å². The number of fused-ring (bicyclic) bond motifs is 5. The first-order valence-corrected chi connectivity index (χ1v) is 8.07. The fourth-order valence-corrected chi connectivity index (χ4v) is 4.32. The Morgan fingerprint density at radius 2 is 2.24 bits per heavy atom. The Hall–Kier alpha value is -1.47. The lowest BCUT2D eigenvalue weighted by Gasteiger charge is -2.18. The summed E-state index contributed by atoms with van der Waals surface area (Å²) in [5.41, 5.74) is 0.828. The number of aromatic nitrogens is 1. The standard InChI is InChI=1S/C14H17N3O3S/c1-6-2-11(21-17-6)16-14(19)13(18)15-5-7-3-10-8-4-9(8)12(7)20-10/h2,7-10,12H,3-5H2,1H3,(H,15,18)(H,16,19)/t7-,8+,9-,10-,12+/m0/s1. The van der Waals surface area contributed by atoms with Gasteiger partial charge in [0.05, 0.1) is 17.9 Å². The number of ether oxygens (including phenoxy) is 1. The summed E-state index contributed by atoms with van der Waals surface area (Å²) in [5, 5.41) is 5.89. The van der Waals surface area contributed by atoms with Crippen LogP contribution in [0.4, 0.5) is 5.00 Å². The van der Waals surface area contributed by atoms with Crippen LogP contribution >= 0.6 is 11.5 Å². The molecule has 1 aromatic rings. The third-order valence-electron chi connectivity index (χ3n) is 4.72. The van der Waals surface area contributed by atoms with Crippen molar-refractivity contribution in [2.75, 3.05) is 11.9 Å². The van der Waals surface area contributed by atoms with Crippen molar-refractivity contribution in [2.45, 2.75) is 32.0 Å². The number of carbonyl (C=O) groups excluding carboxylic acids is 2. The number of hydrogen-bond donors (Lipinski definition) is 2. The van der Waals surface area contributed by atoms with Gasteiger partial charge in [0.1, 0.15) is 5.00 Å². The molecule has 1 aliphatic carbocycles. The maximum atomic E-state index is 11.8. The van der Waals surface area contributed by atoms with Crippen molar-refractivity contribution in [2.24, 2.45) is 17.8 Å². The Labute approximate surface area is 126 Å². The summed E-state index contributed by atoms with van der Waals surface area (Å²) in [6.45, 7) is 2.37. The molecule has 4 rings (SSSR count). The van der Waals surface area contributed by atoms with Gasteiger partial charge in [-0.2, -0.15) is 4.37 Å². The van der Waals surface area contributed by atoms with Gasteiger partial charge in [-0.1, -0.05) is 0 Å². The predicted octanol–water partition coefficient (Wildman–Crippen LogP) is 0.930. The molecule has 21 heavy (non-hydrogen) atoms. The van der Waals surface area contributed by atoms with Gasteiger partial charge in [0.15, 0.2) is 0 Å². The molecule has 0 radical (unpaired) electrons. The zero-order valence-corrected chi connectivity index (χ0v) is 12.5. The van der Waals surface area contributed by atoms with Gasteiger partial charge in [-0.3, -0.25) is 9.59 Å². The second kappa shape index (κ2) is 4.78. The van der Waals surface area contributed by atoms with Crippen molar-refractivity contribution in [1.82, 2.24) is 9.69 Å². The maximum Gasteiger partial charge on any atom is 0.314 e. The molecule has 3 fully saturated rings. The Balaban J connectivity index is 1.27. The minimum Gasteiger partial charge on any atom is -0.374 e. The van der Waals surface area contributed by atoms with Crippen molar-refractivity contribution >= 4 is 28.3 Å². The van der Waals surface area contributed by atoms with E-state index >= 15 is 0 Å². The van der Waals surface area contributed by atoms with Crippen LogP contribution in [-0.4, -0.2) is 34.9 Å². The molecule has 7 heteroatoms. The normalized spacial score (nSPS) is 35.4. The van der Waals surface area contributed by atoms with Crippen molar-refractivity contribution in [3.63, 3.8) is 0 Å². The fraction of sp³-hybridized carbons (Fsp3) is 0.643. The highest BCUT2D eigenvalue weighted by atomic mass is 32.1. The third-order valence-corrected chi connectivity index (χ3v) is 5.51. The number of aryl methyl sites for hydroxylation is 1. The van der Waals surface area contributed by atoms with E-state index in [1.165, 1.54) is 18.0 Å². The molecule has 0 unspecified atom stereocenters. The molecule has 1 aromatic heterocycles. The van der Waals surface area contributed by atoms with Gasteiger partial charge in [-0.15, -0.1) is 0 Å². The molecule has 2 saturated heterocycles. The quantitative estimate of drug-likeness (QED) is 0.814. The minimum atomic E-state index is -0.632. The van der Waals surface area contributed by atoms with Crippen molar-refractivity contribution in [3.05, 3.63) is 11.8 Å². The van der Waals surface area contributed by atoms with E-state index in [0.29, 0.717) is 35.6 Å². The molecule has 2 bridgehead atoms. The van der Waals surface area contributed by atoms with Gasteiger partial charge >= 0.3 is 11.8 Å². The zero-order valence-electron chi connectivity index (χ0n) is 11.7. The van der Waals surface area contributed by atoms with E-state index in [0.717, 1.165) is 18.0 Å². The lowest BCUT2D eigenvalue weighted by Crippen LogP contribution is -2.40. The summed E-state index contributed by atoms with van der Waals surface area (Å²) >= 11 is 1.17. The summed E-state index contributed by atoms with van der Waals surface area (Å²) in [5.74, 6) is 0.629. The van der Waals surface area contributed by atoms with Crippen molar-refractivity contribution in [3.8, 4) is 0 Å². The van der Waals surface area contributed by atoms with Gasteiger partial charge in [0.25, 0.3) is 0 Å². The van der Waals surface area contributed by atoms with Gasteiger partial charge in [-0.05, 0) is 49.2 Å². The van der Waals surface area contributed by atoms with Crippen LogP contribution in [0.15, 0.2) is 6.07 Å². The van der Waals surface area contributed by atoms with Crippen LogP contribution in [0.3, 0.4) is 0 Å². The van der Waals surface area contributed by atoms with E-state index in [2.05, 4.69) is 15.0 Å². The number of hydrogen-bond acceptors (Lipinski definition) is 5. The molecule has 3 heterocycles. The number of nitrogens with zero attached hydrogens (tertiary/aromatic N) is 1. The third kappa shape index (κ3) is 2.34. The predicted molar refractivity (Wildman–Crippen MR) is 76.9 cm³/mol. The Bertz CT molecular complexity index is 602. The van der Waals surface area contributed by atoms with E-state index < -0.39 is 11.8 Å². The lowest BCUT2D eigenvalue weighted by atomic mass is 9.89. The highest BCUT2D eigenvalue weighted by Crippen LogP contribution is 2.60. The Kier molecular flexibility index (Phi) is 3.00. The van der Waals surface area contributed by atoms with Crippen LogP contribution in [0.1, 0.15) is 18.5 Å².